The first-order chi connectivity index (χ1) is 8.79. The predicted molar refractivity (Wildman–Crippen MR) is 65.9 cm³/mol. The Hall–Kier alpha value is -1.46. The number of aliphatic hydroxyl groups excluding tert-OH is 1. The van der Waals surface area contributed by atoms with Gasteiger partial charge in [0, 0.05) is 38.0 Å². The molecule has 1 N–H and O–H groups in total. The van der Waals surface area contributed by atoms with Gasteiger partial charge in [-0.05, 0) is 17.7 Å². The molecule has 1 aliphatic heterocycles. The molecule has 0 aliphatic carbocycles. The molecule has 5 nitrogen and oxygen atoms in total. The van der Waals surface area contributed by atoms with Crippen molar-refractivity contribution in [2.45, 2.75) is 6.42 Å². The molecule has 0 unspecified atom stereocenters. The molecular weight excluding hydrogens is 232 g/mol. The van der Waals surface area contributed by atoms with E-state index in [1.54, 1.807) is 17.3 Å². The first-order valence-corrected chi connectivity index (χ1v) is 6.15. The van der Waals surface area contributed by atoms with Gasteiger partial charge in [0.2, 0.25) is 5.91 Å². The zero-order chi connectivity index (χ0) is 12.8. The van der Waals surface area contributed by atoms with Crippen LogP contribution in [0.25, 0.3) is 0 Å². The fourth-order valence-corrected chi connectivity index (χ4v) is 2.00. The average molecular weight is 250 g/mol. The Kier molecular flexibility index (Phi) is 4.66. The molecule has 1 fully saturated rings. The molecule has 0 saturated carbocycles. The van der Waals surface area contributed by atoms with Gasteiger partial charge in [-0.25, -0.2) is 0 Å². The lowest BCUT2D eigenvalue weighted by Gasteiger charge is -2.22. The highest BCUT2D eigenvalue weighted by Crippen LogP contribution is 2.09. The number of aromatic nitrogens is 1. The van der Waals surface area contributed by atoms with Gasteiger partial charge >= 0.3 is 0 Å². The van der Waals surface area contributed by atoms with Crippen LogP contribution < -0.4 is 0 Å². The Morgan fingerprint density at radius 2 is 2.28 bits per heavy atom. The second kappa shape index (κ2) is 6.47. The molecule has 0 aromatic carbocycles. The first kappa shape index (κ1) is 13.0. The number of carbonyl (C=O) groups is 1. The Bertz CT molecular complexity index is 383. The fraction of sp³-hybridized carbons (Fsp3) is 0.538. The van der Waals surface area contributed by atoms with Gasteiger partial charge in [0.05, 0.1) is 19.6 Å². The molecule has 1 aliphatic rings. The van der Waals surface area contributed by atoms with E-state index in [4.69, 9.17) is 4.74 Å². The predicted octanol–water partition coefficient (Wildman–Crippen LogP) is 0.0914. The summed E-state index contributed by atoms with van der Waals surface area (Å²) in [4.78, 5) is 17.8. The zero-order valence-electron chi connectivity index (χ0n) is 10.3. The summed E-state index contributed by atoms with van der Waals surface area (Å²) < 4.78 is 5.36. The third kappa shape index (κ3) is 3.51. The molecule has 1 atom stereocenters. The highest BCUT2D eigenvalue weighted by atomic mass is 16.5. The van der Waals surface area contributed by atoms with Crippen molar-refractivity contribution in [3.05, 3.63) is 30.1 Å². The number of carbonyl (C=O) groups excluding carboxylic acids is 1. The molecule has 2 heterocycles. The second-order valence-corrected chi connectivity index (χ2v) is 4.50. The number of aliphatic hydroxyl groups is 1. The van der Waals surface area contributed by atoms with E-state index in [1.165, 1.54) is 0 Å². The molecule has 1 amide bonds. The van der Waals surface area contributed by atoms with E-state index in [-0.39, 0.29) is 18.4 Å². The van der Waals surface area contributed by atoms with Crippen LogP contribution in [0.5, 0.6) is 0 Å². The lowest BCUT2D eigenvalue weighted by molar-refractivity contribution is -0.131. The second-order valence-electron chi connectivity index (χ2n) is 4.50. The van der Waals surface area contributed by atoms with E-state index < -0.39 is 0 Å². The normalized spacial score (nSPS) is 20.5. The van der Waals surface area contributed by atoms with Crippen LogP contribution in [0.15, 0.2) is 24.5 Å². The molecule has 0 spiro atoms. The standard InChI is InChI=1S/C13H18N2O3/c16-9-12-8-15(5-6-18-10-12)13(17)7-11-1-3-14-4-2-11/h1-4,12,16H,5-10H2/t12-/m0/s1. The lowest BCUT2D eigenvalue weighted by atomic mass is 10.1. The van der Waals surface area contributed by atoms with Crippen LogP contribution in [-0.4, -0.2) is 53.8 Å². The summed E-state index contributed by atoms with van der Waals surface area (Å²) in [7, 11) is 0. The highest BCUT2D eigenvalue weighted by molar-refractivity contribution is 5.78. The number of nitrogens with zero attached hydrogens (tertiary/aromatic N) is 2. The molecule has 2 rings (SSSR count). The molecule has 1 saturated heterocycles. The largest absolute Gasteiger partial charge is 0.396 e. The molecule has 1 aromatic rings. The smallest absolute Gasteiger partial charge is 0.227 e. The van der Waals surface area contributed by atoms with E-state index in [1.807, 2.05) is 12.1 Å². The van der Waals surface area contributed by atoms with Gasteiger partial charge in [-0.2, -0.15) is 0 Å². The minimum Gasteiger partial charge on any atom is -0.396 e. The zero-order valence-corrected chi connectivity index (χ0v) is 10.3. The Morgan fingerprint density at radius 1 is 1.50 bits per heavy atom. The maximum absolute atomic E-state index is 12.2. The van der Waals surface area contributed by atoms with Gasteiger partial charge in [-0.1, -0.05) is 0 Å². The molecule has 1 aromatic heterocycles. The monoisotopic (exact) mass is 250 g/mol. The van der Waals surface area contributed by atoms with Crippen molar-refractivity contribution in [1.82, 2.24) is 9.88 Å². The van der Waals surface area contributed by atoms with E-state index in [0.717, 1.165) is 5.56 Å². The van der Waals surface area contributed by atoms with Crippen LogP contribution in [-0.2, 0) is 16.0 Å². The number of pyridine rings is 1. The van der Waals surface area contributed by atoms with E-state index in [0.29, 0.717) is 32.7 Å². The average Bonchev–Trinajstić information content (AvgIpc) is 2.65. The topological polar surface area (TPSA) is 62.7 Å². The lowest BCUT2D eigenvalue weighted by Crippen LogP contribution is -2.37. The van der Waals surface area contributed by atoms with E-state index >= 15 is 0 Å². The van der Waals surface area contributed by atoms with Crippen LogP contribution in [0.3, 0.4) is 0 Å². The SMILES string of the molecule is O=C(Cc1ccncc1)N1CCOC[C@H](CO)C1. The van der Waals surface area contributed by atoms with Crippen LogP contribution in [0.1, 0.15) is 5.56 Å². The molecule has 5 heteroatoms. The molecule has 0 radical (unpaired) electrons. The van der Waals surface area contributed by atoms with Crippen molar-refractivity contribution in [2.75, 3.05) is 32.9 Å². The summed E-state index contributed by atoms with van der Waals surface area (Å²) in [6.45, 7) is 2.29. The molecule has 98 valence electrons. The molecule has 0 bridgehead atoms. The highest BCUT2D eigenvalue weighted by Gasteiger charge is 2.21. The van der Waals surface area contributed by atoms with Gasteiger partial charge in [0.25, 0.3) is 0 Å². The van der Waals surface area contributed by atoms with Gasteiger partial charge in [-0.15, -0.1) is 0 Å². The quantitative estimate of drug-likeness (QED) is 0.826. The van der Waals surface area contributed by atoms with Crippen LogP contribution in [0.2, 0.25) is 0 Å². The summed E-state index contributed by atoms with van der Waals surface area (Å²) >= 11 is 0. The van der Waals surface area contributed by atoms with Crippen molar-refractivity contribution in [1.29, 1.82) is 0 Å². The third-order valence-electron chi connectivity index (χ3n) is 3.05. The fourth-order valence-electron chi connectivity index (χ4n) is 2.00. The van der Waals surface area contributed by atoms with Gasteiger partial charge in [0.15, 0.2) is 0 Å². The van der Waals surface area contributed by atoms with Gasteiger partial charge in [0.1, 0.15) is 0 Å². The van der Waals surface area contributed by atoms with E-state index in [9.17, 15) is 9.90 Å². The van der Waals surface area contributed by atoms with Gasteiger partial charge in [-0.3, -0.25) is 9.78 Å². The Labute approximate surface area is 106 Å². The van der Waals surface area contributed by atoms with Crippen molar-refractivity contribution < 1.29 is 14.6 Å². The summed E-state index contributed by atoms with van der Waals surface area (Å²) in [5.74, 6) is 0.0963. The summed E-state index contributed by atoms with van der Waals surface area (Å²) in [5.41, 5.74) is 0.959. The number of rotatable bonds is 3. The minimum absolute atomic E-state index is 0.0221. The summed E-state index contributed by atoms with van der Waals surface area (Å²) in [5, 5.41) is 9.18. The van der Waals surface area contributed by atoms with Crippen molar-refractivity contribution in [3.8, 4) is 0 Å². The maximum Gasteiger partial charge on any atom is 0.227 e. The number of ether oxygens (including phenoxy) is 1. The van der Waals surface area contributed by atoms with Crippen molar-refractivity contribution >= 4 is 5.91 Å². The molecule has 18 heavy (non-hydrogen) atoms. The molecular formula is C13H18N2O3. The first-order valence-electron chi connectivity index (χ1n) is 6.15. The third-order valence-corrected chi connectivity index (χ3v) is 3.05. The van der Waals surface area contributed by atoms with Crippen LogP contribution >= 0.6 is 0 Å². The van der Waals surface area contributed by atoms with Crippen LogP contribution in [0.4, 0.5) is 0 Å². The minimum atomic E-state index is 0.0221. The Morgan fingerprint density at radius 3 is 3.00 bits per heavy atom. The van der Waals surface area contributed by atoms with Crippen molar-refractivity contribution in [2.24, 2.45) is 5.92 Å². The van der Waals surface area contributed by atoms with Crippen molar-refractivity contribution in [3.63, 3.8) is 0 Å². The summed E-state index contributed by atoms with van der Waals surface area (Å²) in [6, 6.07) is 3.69. The number of hydrogen-bond donors (Lipinski definition) is 1. The summed E-state index contributed by atoms with van der Waals surface area (Å²) in [6.07, 6.45) is 3.75. The van der Waals surface area contributed by atoms with Gasteiger partial charge < -0.3 is 14.7 Å². The van der Waals surface area contributed by atoms with Crippen LogP contribution in [0, 0.1) is 5.92 Å². The number of hydrogen-bond acceptors (Lipinski definition) is 4. The van der Waals surface area contributed by atoms with E-state index in [2.05, 4.69) is 4.98 Å². The maximum atomic E-state index is 12.2. The number of amides is 1. The Balaban J connectivity index is 1.95.